The topological polar surface area (TPSA) is 41.9 Å². The van der Waals surface area contributed by atoms with Crippen molar-refractivity contribution in [1.82, 2.24) is 15.0 Å². The van der Waals surface area contributed by atoms with Gasteiger partial charge in [-0.3, -0.25) is 0 Å². The normalized spacial score (nSPS) is 11.1. The summed E-state index contributed by atoms with van der Waals surface area (Å²) in [6.07, 6.45) is 0. The average Bonchev–Trinajstić information content (AvgIpc) is 2.73. The summed E-state index contributed by atoms with van der Waals surface area (Å²) in [5.74, 6) is 2.20. The van der Waals surface area contributed by atoms with Gasteiger partial charge in [-0.25, -0.2) is 15.0 Å². The van der Waals surface area contributed by atoms with E-state index in [0.717, 1.165) is 34.6 Å². The highest BCUT2D eigenvalue weighted by Crippen LogP contribution is 2.18. The lowest BCUT2D eigenvalue weighted by Gasteiger charge is -2.18. The van der Waals surface area contributed by atoms with Gasteiger partial charge in [0.1, 0.15) is 11.6 Å². The first-order valence-electron chi connectivity index (χ1n) is 6.43. The summed E-state index contributed by atoms with van der Waals surface area (Å²) in [4.78, 5) is 15.7. The molecule has 0 fully saturated rings. The molecule has 0 aliphatic rings. The van der Waals surface area contributed by atoms with Gasteiger partial charge in [-0.2, -0.15) is 0 Å². The largest absolute Gasteiger partial charge is 0.354 e. The third-order valence-electron chi connectivity index (χ3n) is 2.83. The maximum Gasteiger partial charge on any atom is 0.133 e. The molecule has 0 atom stereocenters. The number of hydrogen-bond acceptors (Lipinski definition) is 5. The molecule has 0 unspecified atom stereocenters. The van der Waals surface area contributed by atoms with Gasteiger partial charge in [0.25, 0.3) is 0 Å². The van der Waals surface area contributed by atoms with Crippen molar-refractivity contribution in [3.63, 3.8) is 0 Å². The molecule has 102 valence electrons. The molecule has 0 amide bonds. The van der Waals surface area contributed by atoms with Crippen molar-refractivity contribution in [2.45, 2.75) is 40.2 Å². The first-order chi connectivity index (χ1) is 8.95. The first-order valence-corrected chi connectivity index (χ1v) is 7.31. The monoisotopic (exact) mass is 276 g/mol. The van der Waals surface area contributed by atoms with Crippen LogP contribution < -0.4 is 4.90 Å². The molecular formula is C14H20N4S. The highest BCUT2D eigenvalue weighted by Gasteiger charge is 2.10. The second kappa shape index (κ2) is 5.65. The van der Waals surface area contributed by atoms with Gasteiger partial charge in [-0.05, 0) is 13.8 Å². The molecule has 2 aromatic rings. The lowest BCUT2D eigenvalue weighted by Crippen LogP contribution is -2.19. The molecule has 0 aliphatic carbocycles. The van der Waals surface area contributed by atoms with Crippen molar-refractivity contribution in [2.24, 2.45) is 0 Å². The zero-order chi connectivity index (χ0) is 14.0. The fraction of sp³-hybridized carbons (Fsp3) is 0.500. The lowest BCUT2D eigenvalue weighted by molar-refractivity contribution is 0.753. The molecule has 0 bridgehead atoms. The SMILES string of the molecule is Cc1cc(N(C)Cc2csc(C)n2)nc(C(C)C)n1. The zero-order valence-electron chi connectivity index (χ0n) is 12.1. The number of aromatic nitrogens is 3. The quantitative estimate of drug-likeness (QED) is 0.859. The van der Waals surface area contributed by atoms with Gasteiger partial charge in [0.15, 0.2) is 0 Å². The van der Waals surface area contributed by atoms with Gasteiger partial charge in [0, 0.05) is 30.1 Å². The number of aryl methyl sites for hydroxylation is 2. The second-order valence-corrected chi connectivity index (χ2v) is 6.16. The summed E-state index contributed by atoms with van der Waals surface area (Å²) in [5.41, 5.74) is 2.10. The van der Waals surface area contributed by atoms with E-state index >= 15 is 0 Å². The summed E-state index contributed by atoms with van der Waals surface area (Å²) in [6.45, 7) is 9.04. The maximum absolute atomic E-state index is 4.63. The van der Waals surface area contributed by atoms with E-state index in [9.17, 15) is 0 Å². The van der Waals surface area contributed by atoms with E-state index in [2.05, 4.69) is 39.1 Å². The van der Waals surface area contributed by atoms with Crippen LogP contribution in [0.25, 0.3) is 0 Å². The maximum atomic E-state index is 4.63. The van der Waals surface area contributed by atoms with Crippen LogP contribution in [0, 0.1) is 13.8 Å². The molecule has 5 heteroatoms. The Kier molecular flexibility index (Phi) is 4.14. The minimum absolute atomic E-state index is 0.341. The van der Waals surface area contributed by atoms with E-state index in [4.69, 9.17) is 0 Å². The van der Waals surface area contributed by atoms with E-state index in [1.807, 2.05) is 27.0 Å². The van der Waals surface area contributed by atoms with Gasteiger partial charge >= 0.3 is 0 Å². The summed E-state index contributed by atoms with van der Waals surface area (Å²) >= 11 is 1.68. The summed E-state index contributed by atoms with van der Waals surface area (Å²) < 4.78 is 0. The standard InChI is InChI=1S/C14H20N4S/c1-9(2)14-15-10(3)6-13(17-14)18(5)7-12-8-19-11(4)16-12/h6,8-9H,7H2,1-5H3. The fourth-order valence-electron chi connectivity index (χ4n) is 1.83. The number of nitrogens with zero attached hydrogens (tertiary/aromatic N) is 4. The van der Waals surface area contributed by atoms with Crippen molar-refractivity contribution in [2.75, 3.05) is 11.9 Å². The molecule has 0 radical (unpaired) electrons. The van der Waals surface area contributed by atoms with Crippen LogP contribution in [0.1, 0.15) is 42.0 Å². The van der Waals surface area contributed by atoms with E-state index in [-0.39, 0.29) is 0 Å². The Morgan fingerprint density at radius 1 is 1.21 bits per heavy atom. The smallest absolute Gasteiger partial charge is 0.133 e. The summed E-state index contributed by atoms with van der Waals surface area (Å²) in [6, 6.07) is 2.02. The number of rotatable bonds is 4. The summed E-state index contributed by atoms with van der Waals surface area (Å²) in [5, 5.41) is 3.20. The molecule has 2 rings (SSSR count). The Morgan fingerprint density at radius 2 is 1.95 bits per heavy atom. The van der Waals surface area contributed by atoms with Gasteiger partial charge in [-0.15, -0.1) is 11.3 Å². The van der Waals surface area contributed by atoms with Crippen LogP contribution in [0.5, 0.6) is 0 Å². The third-order valence-corrected chi connectivity index (χ3v) is 3.65. The van der Waals surface area contributed by atoms with Crippen LogP contribution in [-0.2, 0) is 6.54 Å². The fourth-order valence-corrected chi connectivity index (χ4v) is 2.44. The predicted molar refractivity (Wildman–Crippen MR) is 79.8 cm³/mol. The molecule has 0 N–H and O–H groups in total. The second-order valence-electron chi connectivity index (χ2n) is 5.09. The molecule has 2 heterocycles. The molecule has 4 nitrogen and oxygen atoms in total. The lowest BCUT2D eigenvalue weighted by atomic mass is 10.2. The van der Waals surface area contributed by atoms with E-state index in [1.165, 1.54) is 0 Å². The molecule has 0 saturated heterocycles. The minimum Gasteiger partial charge on any atom is -0.354 e. The van der Waals surface area contributed by atoms with Crippen molar-refractivity contribution < 1.29 is 0 Å². The number of thiazole rings is 1. The van der Waals surface area contributed by atoms with E-state index in [1.54, 1.807) is 11.3 Å². The summed E-state index contributed by atoms with van der Waals surface area (Å²) in [7, 11) is 2.04. The van der Waals surface area contributed by atoms with Gasteiger partial charge in [0.2, 0.25) is 0 Å². The van der Waals surface area contributed by atoms with Crippen LogP contribution in [0.2, 0.25) is 0 Å². The Hall–Kier alpha value is -1.49. The van der Waals surface area contributed by atoms with Crippen LogP contribution in [0.4, 0.5) is 5.82 Å². The van der Waals surface area contributed by atoms with Crippen molar-refractivity contribution in [3.8, 4) is 0 Å². The molecule has 0 aliphatic heterocycles. The molecule has 0 aromatic carbocycles. The average molecular weight is 276 g/mol. The predicted octanol–water partition coefficient (Wildman–Crippen LogP) is 3.31. The Bertz CT molecular complexity index is 562. The highest BCUT2D eigenvalue weighted by atomic mass is 32.1. The van der Waals surface area contributed by atoms with E-state index < -0.39 is 0 Å². The Morgan fingerprint density at radius 3 is 2.53 bits per heavy atom. The van der Waals surface area contributed by atoms with Crippen molar-refractivity contribution in [1.29, 1.82) is 0 Å². The molecule has 0 spiro atoms. The third kappa shape index (κ3) is 3.50. The minimum atomic E-state index is 0.341. The molecule has 0 saturated carbocycles. The zero-order valence-corrected chi connectivity index (χ0v) is 13.0. The highest BCUT2D eigenvalue weighted by molar-refractivity contribution is 7.09. The Balaban J connectivity index is 2.20. The first kappa shape index (κ1) is 13.9. The van der Waals surface area contributed by atoms with Gasteiger partial charge < -0.3 is 4.90 Å². The van der Waals surface area contributed by atoms with Crippen LogP contribution in [0.15, 0.2) is 11.4 Å². The van der Waals surface area contributed by atoms with Crippen molar-refractivity contribution in [3.05, 3.63) is 33.7 Å². The Labute approximate surface area is 118 Å². The number of anilines is 1. The van der Waals surface area contributed by atoms with Gasteiger partial charge in [0.05, 0.1) is 17.2 Å². The molecule has 19 heavy (non-hydrogen) atoms. The van der Waals surface area contributed by atoms with Crippen LogP contribution >= 0.6 is 11.3 Å². The van der Waals surface area contributed by atoms with Crippen LogP contribution in [0.3, 0.4) is 0 Å². The number of hydrogen-bond donors (Lipinski definition) is 0. The van der Waals surface area contributed by atoms with E-state index in [0.29, 0.717) is 5.92 Å². The van der Waals surface area contributed by atoms with Gasteiger partial charge in [-0.1, -0.05) is 13.8 Å². The molecular weight excluding hydrogens is 256 g/mol. The molecule has 2 aromatic heterocycles. The van der Waals surface area contributed by atoms with Crippen LogP contribution in [-0.4, -0.2) is 22.0 Å². The van der Waals surface area contributed by atoms with Crippen molar-refractivity contribution >= 4 is 17.2 Å².